The smallest absolute Gasteiger partial charge is 0.230 e. The van der Waals surface area contributed by atoms with Crippen LogP contribution < -0.4 is 5.32 Å². The van der Waals surface area contributed by atoms with Crippen LogP contribution in [0.3, 0.4) is 0 Å². The van der Waals surface area contributed by atoms with E-state index in [1.54, 1.807) is 23.9 Å². The third-order valence-electron chi connectivity index (χ3n) is 3.71. The molecule has 0 bridgehead atoms. The molecule has 126 valence electrons. The van der Waals surface area contributed by atoms with Crippen molar-refractivity contribution in [2.24, 2.45) is 0 Å². The van der Waals surface area contributed by atoms with E-state index in [0.29, 0.717) is 24.3 Å². The number of amides is 1. The van der Waals surface area contributed by atoms with E-state index in [9.17, 15) is 4.79 Å². The van der Waals surface area contributed by atoms with E-state index < -0.39 is 0 Å². The van der Waals surface area contributed by atoms with Crippen molar-refractivity contribution in [2.45, 2.75) is 12.2 Å². The Morgan fingerprint density at radius 3 is 2.76 bits per heavy atom. The van der Waals surface area contributed by atoms with Crippen LogP contribution in [0.15, 0.2) is 48.5 Å². The lowest BCUT2D eigenvalue weighted by molar-refractivity contribution is -0.118. The van der Waals surface area contributed by atoms with Crippen LogP contribution in [-0.2, 0) is 17.0 Å². The summed E-state index contributed by atoms with van der Waals surface area (Å²) in [5.74, 6) is 2.07. The first kappa shape index (κ1) is 17.1. The number of aromatic amines is 1. The van der Waals surface area contributed by atoms with Crippen LogP contribution in [0.5, 0.6) is 0 Å². The van der Waals surface area contributed by atoms with Gasteiger partial charge >= 0.3 is 0 Å². The van der Waals surface area contributed by atoms with E-state index in [0.717, 1.165) is 28.2 Å². The molecule has 5 nitrogen and oxygen atoms in total. The zero-order valence-corrected chi connectivity index (χ0v) is 14.5. The van der Waals surface area contributed by atoms with E-state index in [4.69, 9.17) is 5.26 Å². The molecule has 0 fully saturated rings. The number of nitrogens with one attached hydrogen (secondary N) is 2. The van der Waals surface area contributed by atoms with Gasteiger partial charge in [-0.2, -0.15) is 5.26 Å². The van der Waals surface area contributed by atoms with Gasteiger partial charge in [0.2, 0.25) is 5.91 Å². The number of para-hydroxylation sites is 2. The van der Waals surface area contributed by atoms with Gasteiger partial charge in [0.05, 0.1) is 28.4 Å². The molecule has 2 N–H and O–H groups in total. The van der Waals surface area contributed by atoms with Gasteiger partial charge in [-0.3, -0.25) is 4.79 Å². The Kier molecular flexibility index (Phi) is 5.70. The van der Waals surface area contributed by atoms with Crippen molar-refractivity contribution in [3.63, 3.8) is 0 Å². The number of H-pyrrole nitrogens is 1. The highest BCUT2D eigenvalue weighted by atomic mass is 32.2. The number of aromatic nitrogens is 2. The highest BCUT2D eigenvalue weighted by Gasteiger charge is 2.05. The molecule has 0 radical (unpaired) electrons. The largest absolute Gasteiger partial charge is 0.355 e. The van der Waals surface area contributed by atoms with Gasteiger partial charge in [-0.25, -0.2) is 4.98 Å². The Morgan fingerprint density at radius 2 is 2.00 bits per heavy atom. The fraction of sp³-hybridized carbons (Fsp3) is 0.211. The maximum atomic E-state index is 11.9. The van der Waals surface area contributed by atoms with Crippen LogP contribution in [-0.4, -0.2) is 28.2 Å². The van der Waals surface area contributed by atoms with Gasteiger partial charge < -0.3 is 10.3 Å². The number of nitrogens with zero attached hydrogens (tertiary/aromatic N) is 2. The number of hydrogen-bond acceptors (Lipinski definition) is 4. The maximum absolute atomic E-state index is 11.9. The predicted octanol–water partition coefficient (Wildman–Crippen LogP) is 3.03. The second-order valence-corrected chi connectivity index (χ2v) is 6.59. The third kappa shape index (κ3) is 4.85. The predicted molar refractivity (Wildman–Crippen MR) is 100 cm³/mol. The number of nitriles is 1. The molecule has 1 amide bonds. The van der Waals surface area contributed by atoms with Gasteiger partial charge in [-0.05, 0) is 29.8 Å². The van der Waals surface area contributed by atoms with Gasteiger partial charge in [0, 0.05) is 18.7 Å². The normalized spacial score (nSPS) is 10.5. The number of thioether (sulfide) groups is 1. The molecule has 0 aliphatic rings. The number of carbonyl (C=O) groups is 1. The minimum absolute atomic E-state index is 0.0229. The fourth-order valence-electron chi connectivity index (χ4n) is 2.43. The molecule has 0 saturated carbocycles. The molecule has 6 heteroatoms. The molecule has 0 spiro atoms. The molecule has 2 aromatic carbocycles. The number of imidazole rings is 1. The standard InChI is InChI=1S/C19H18N4OS/c20-11-14-5-7-15(8-6-14)12-25-13-19(24)21-10-9-18-22-16-3-1-2-4-17(16)23-18/h1-8H,9-10,12-13H2,(H,21,24)(H,22,23). The first-order valence-electron chi connectivity index (χ1n) is 8.02. The van der Waals surface area contributed by atoms with Crippen molar-refractivity contribution in [1.29, 1.82) is 5.26 Å². The fourth-order valence-corrected chi connectivity index (χ4v) is 3.25. The first-order valence-corrected chi connectivity index (χ1v) is 9.17. The van der Waals surface area contributed by atoms with Crippen molar-refractivity contribution >= 4 is 28.7 Å². The number of hydrogen-bond donors (Lipinski definition) is 2. The van der Waals surface area contributed by atoms with Crippen LogP contribution >= 0.6 is 11.8 Å². The Balaban J connectivity index is 1.37. The summed E-state index contributed by atoms with van der Waals surface area (Å²) >= 11 is 1.56. The van der Waals surface area contributed by atoms with Gasteiger partial charge in [-0.15, -0.1) is 11.8 Å². The number of rotatable bonds is 7. The van der Waals surface area contributed by atoms with Crippen LogP contribution in [0.2, 0.25) is 0 Å². The highest BCUT2D eigenvalue weighted by Crippen LogP contribution is 2.13. The molecule has 0 saturated heterocycles. The molecule has 0 unspecified atom stereocenters. The zero-order valence-electron chi connectivity index (χ0n) is 13.7. The van der Waals surface area contributed by atoms with E-state index in [1.807, 2.05) is 36.4 Å². The Labute approximate surface area is 150 Å². The Bertz CT molecular complexity index is 863. The van der Waals surface area contributed by atoms with Crippen molar-refractivity contribution in [3.05, 3.63) is 65.5 Å². The summed E-state index contributed by atoms with van der Waals surface area (Å²) in [5, 5.41) is 11.7. The summed E-state index contributed by atoms with van der Waals surface area (Å²) < 4.78 is 0. The molecular formula is C19H18N4OS. The summed E-state index contributed by atoms with van der Waals surface area (Å²) in [4.78, 5) is 19.6. The van der Waals surface area contributed by atoms with Crippen molar-refractivity contribution < 1.29 is 4.79 Å². The Morgan fingerprint density at radius 1 is 1.20 bits per heavy atom. The lowest BCUT2D eigenvalue weighted by Crippen LogP contribution is -2.27. The zero-order chi connectivity index (χ0) is 17.5. The SMILES string of the molecule is N#Cc1ccc(CSCC(=O)NCCc2nc3ccccc3[nH]2)cc1. The number of benzene rings is 2. The minimum Gasteiger partial charge on any atom is -0.355 e. The third-order valence-corrected chi connectivity index (χ3v) is 4.71. The van der Waals surface area contributed by atoms with Crippen LogP contribution in [0.4, 0.5) is 0 Å². The lowest BCUT2D eigenvalue weighted by atomic mass is 10.2. The van der Waals surface area contributed by atoms with Crippen LogP contribution in [0.25, 0.3) is 11.0 Å². The molecule has 0 atom stereocenters. The monoisotopic (exact) mass is 350 g/mol. The molecule has 1 heterocycles. The molecular weight excluding hydrogens is 332 g/mol. The summed E-state index contributed by atoms with van der Waals surface area (Å²) in [5.41, 5.74) is 3.72. The second kappa shape index (κ2) is 8.36. The van der Waals surface area contributed by atoms with Gasteiger partial charge in [0.1, 0.15) is 5.82 Å². The topological polar surface area (TPSA) is 81.6 Å². The molecule has 3 rings (SSSR count). The number of carbonyl (C=O) groups excluding carboxylic acids is 1. The van der Waals surface area contributed by atoms with Gasteiger partial charge in [0.25, 0.3) is 0 Å². The van der Waals surface area contributed by atoms with Gasteiger partial charge in [-0.1, -0.05) is 24.3 Å². The average molecular weight is 350 g/mol. The highest BCUT2D eigenvalue weighted by molar-refractivity contribution is 7.99. The summed E-state index contributed by atoms with van der Waals surface area (Å²) in [7, 11) is 0. The summed E-state index contributed by atoms with van der Waals surface area (Å²) in [6.07, 6.45) is 0.681. The van der Waals surface area contributed by atoms with Crippen LogP contribution in [0, 0.1) is 11.3 Å². The average Bonchev–Trinajstić information content (AvgIpc) is 3.05. The van der Waals surface area contributed by atoms with Gasteiger partial charge in [0.15, 0.2) is 0 Å². The first-order chi connectivity index (χ1) is 12.2. The number of fused-ring (bicyclic) bond motifs is 1. The lowest BCUT2D eigenvalue weighted by Gasteiger charge is -2.04. The van der Waals surface area contributed by atoms with E-state index in [2.05, 4.69) is 21.4 Å². The summed E-state index contributed by atoms with van der Waals surface area (Å²) in [6, 6.07) is 17.4. The van der Waals surface area contributed by atoms with Crippen molar-refractivity contribution in [1.82, 2.24) is 15.3 Å². The molecule has 0 aliphatic carbocycles. The maximum Gasteiger partial charge on any atom is 0.230 e. The van der Waals surface area contributed by atoms with E-state index in [-0.39, 0.29) is 5.91 Å². The molecule has 3 aromatic rings. The molecule has 0 aliphatic heterocycles. The molecule has 1 aromatic heterocycles. The summed E-state index contributed by atoms with van der Waals surface area (Å²) in [6.45, 7) is 0.566. The van der Waals surface area contributed by atoms with Crippen molar-refractivity contribution in [2.75, 3.05) is 12.3 Å². The van der Waals surface area contributed by atoms with E-state index >= 15 is 0 Å². The quantitative estimate of drug-likeness (QED) is 0.686. The molecule has 25 heavy (non-hydrogen) atoms. The second-order valence-electron chi connectivity index (χ2n) is 5.60. The van der Waals surface area contributed by atoms with Crippen molar-refractivity contribution in [3.8, 4) is 6.07 Å². The minimum atomic E-state index is 0.0229. The Hall–Kier alpha value is -2.78. The van der Waals surface area contributed by atoms with Crippen LogP contribution in [0.1, 0.15) is 17.0 Å². The van der Waals surface area contributed by atoms with E-state index in [1.165, 1.54) is 0 Å².